The largest absolute Gasteiger partial charge is 0.480 e. The predicted molar refractivity (Wildman–Crippen MR) is 77.6 cm³/mol. The number of carboxylic acids is 1. The molecule has 1 aliphatic rings. The summed E-state index contributed by atoms with van der Waals surface area (Å²) in [4.78, 5) is 23.0. The van der Waals surface area contributed by atoms with Gasteiger partial charge in [-0.2, -0.15) is 11.8 Å². The van der Waals surface area contributed by atoms with Gasteiger partial charge in [-0.15, -0.1) is 0 Å². The Balaban J connectivity index is 2.45. The number of aliphatic carboxylic acids is 1. The summed E-state index contributed by atoms with van der Waals surface area (Å²) < 4.78 is 0. The van der Waals surface area contributed by atoms with Gasteiger partial charge in [0.05, 0.1) is 0 Å². The van der Waals surface area contributed by atoms with Crippen molar-refractivity contribution in [3.8, 4) is 0 Å². The van der Waals surface area contributed by atoms with Crippen LogP contribution in [-0.4, -0.2) is 40.7 Å². The molecule has 3 N–H and O–H groups in total. The van der Waals surface area contributed by atoms with Crippen LogP contribution in [0.15, 0.2) is 0 Å². The number of carbonyl (C=O) groups excluding carboxylic acids is 1. The van der Waals surface area contributed by atoms with E-state index in [9.17, 15) is 9.59 Å². The molecule has 5 nitrogen and oxygen atoms in total. The SMILES string of the molecule is CSCC[C@H](NC(=O)NC1(C)CCCCC1)C(=O)O. The third-order valence-corrected chi connectivity index (χ3v) is 4.23. The van der Waals surface area contributed by atoms with Crippen molar-refractivity contribution in [3.63, 3.8) is 0 Å². The highest BCUT2D eigenvalue weighted by Crippen LogP contribution is 2.27. The second-order valence-electron chi connectivity index (χ2n) is 5.39. The van der Waals surface area contributed by atoms with E-state index in [-0.39, 0.29) is 11.6 Å². The Morgan fingerprint density at radius 1 is 1.32 bits per heavy atom. The van der Waals surface area contributed by atoms with E-state index in [1.807, 2.05) is 13.2 Å². The molecule has 1 fully saturated rings. The fourth-order valence-electron chi connectivity index (χ4n) is 2.42. The molecule has 0 bridgehead atoms. The quantitative estimate of drug-likeness (QED) is 0.700. The first-order valence-electron chi connectivity index (χ1n) is 6.77. The maximum absolute atomic E-state index is 11.9. The second-order valence-corrected chi connectivity index (χ2v) is 6.38. The maximum Gasteiger partial charge on any atom is 0.326 e. The summed E-state index contributed by atoms with van der Waals surface area (Å²) in [5, 5.41) is 14.6. The smallest absolute Gasteiger partial charge is 0.326 e. The molecule has 19 heavy (non-hydrogen) atoms. The van der Waals surface area contributed by atoms with Crippen molar-refractivity contribution in [2.24, 2.45) is 0 Å². The number of thioether (sulfide) groups is 1. The zero-order valence-corrected chi connectivity index (χ0v) is 12.5. The molecule has 0 heterocycles. The summed E-state index contributed by atoms with van der Waals surface area (Å²) in [7, 11) is 0. The molecule has 0 radical (unpaired) electrons. The van der Waals surface area contributed by atoms with Crippen LogP contribution >= 0.6 is 11.8 Å². The van der Waals surface area contributed by atoms with Gasteiger partial charge in [0.1, 0.15) is 6.04 Å². The minimum Gasteiger partial charge on any atom is -0.480 e. The molecule has 1 saturated carbocycles. The zero-order chi connectivity index (χ0) is 14.3. The molecule has 0 aromatic rings. The van der Waals surface area contributed by atoms with E-state index in [0.717, 1.165) is 25.7 Å². The van der Waals surface area contributed by atoms with Gasteiger partial charge in [0.2, 0.25) is 0 Å². The van der Waals surface area contributed by atoms with Crippen LogP contribution in [0.4, 0.5) is 4.79 Å². The molecule has 0 aromatic heterocycles. The fourth-order valence-corrected chi connectivity index (χ4v) is 2.89. The highest BCUT2D eigenvalue weighted by atomic mass is 32.2. The van der Waals surface area contributed by atoms with Gasteiger partial charge in [-0.25, -0.2) is 9.59 Å². The summed E-state index contributed by atoms with van der Waals surface area (Å²) in [5.41, 5.74) is -0.190. The lowest BCUT2D eigenvalue weighted by Crippen LogP contribution is -2.54. The Kier molecular flexibility index (Phi) is 6.48. The predicted octanol–water partition coefficient (Wildman–Crippen LogP) is 2.21. The third kappa shape index (κ3) is 5.72. The van der Waals surface area contributed by atoms with Crippen LogP contribution in [0.3, 0.4) is 0 Å². The molecular formula is C13H24N2O3S. The summed E-state index contributed by atoms with van der Waals surface area (Å²) in [6.45, 7) is 2.03. The standard InChI is InChI=1S/C13H24N2O3S/c1-13(7-4-3-5-8-13)15-12(18)14-10(11(16)17)6-9-19-2/h10H,3-9H2,1-2H3,(H,16,17)(H2,14,15,18)/t10-/m0/s1. The minimum atomic E-state index is -0.974. The van der Waals surface area contributed by atoms with Gasteiger partial charge in [0, 0.05) is 5.54 Å². The molecule has 1 aliphatic carbocycles. The van der Waals surface area contributed by atoms with Crippen molar-refractivity contribution in [1.82, 2.24) is 10.6 Å². The van der Waals surface area contributed by atoms with E-state index in [1.54, 1.807) is 11.8 Å². The molecule has 110 valence electrons. The van der Waals surface area contributed by atoms with Crippen molar-refractivity contribution < 1.29 is 14.7 Å². The van der Waals surface area contributed by atoms with E-state index < -0.39 is 12.0 Å². The lowest BCUT2D eigenvalue weighted by Gasteiger charge is -2.34. The first kappa shape index (κ1) is 16.1. The van der Waals surface area contributed by atoms with Gasteiger partial charge < -0.3 is 15.7 Å². The highest BCUT2D eigenvalue weighted by Gasteiger charge is 2.29. The number of rotatable bonds is 6. The summed E-state index contributed by atoms with van der Waals surface area (Å²) >= 11 is 1.57. The van der Waals surface area contributed by atoms with E-state index >= 15 is 0 Å². The first-order valence-corrected chi connectivity index (χ1v) is 8.17. The number of hydrogen-bond acceptors (Lipinski definition) is 3. The first-order chi connectivity index (χ1) is 8.97. The van der Waals surface area contributed by atoms with E-state index in [1.165, 1.54) is 6.42 Å². The summed E-state index contributed by atoms with van der Waals surface area (Å²) in [6.07, 6.45) is 7.73. The van der Waals surface area contributed by atoms with Gasteiger partial charge in [-0.3, -0.25) is 0 Å². The van der Waals surface area contributed by atoms with Crippen LogP contribution in [-0.2, 0) is 4.79 Å². The Labute approximate surface area is 118 Å². The van der Waals surface area contributed by atoms with Crippen LogP contribution < -0.4 is 10.6 Å². The molecule has 1 atom stereocenters. The Bertz CT molecular complexity index is 317. The Hall–Kier alpha value is -0.910. The number of urea groups is 1. The van der Waals surface area contributed by atoms with E-state index in [4.69, 9.17) is 5.11 Å². The summed E-state index contributed by atoms with van der Waals surface area (Å²) in [6, 6.07) is -1.17. The van der Waals surface area contributed by atoms with Crippen molar-refractivity contribution in [2.45, 2.75) is 57.0 Å². The number of carbonyl (C=O) groups is 2. The monoisotopic (exact) mass is 288 g/mol. The van der Waals surface area contributed by atoms with E-state index in [2.05, 4.69) is 10.6 Å². The molecule has 0 saturated heterocycles. The molecular weight excluding hydrogens is 264 g/mol. The topological polar surface area (TPSA) is 78.4 Å². The minimum absolute atomic E-state index is 0.190. The maximum atomic E-state index is 11.9. The normalized spacial score (nSPS) is 19.5. The van der Waals surface area contributed by atoms with Crippen molar-refractivity contribution in [1.29, 1.82) is 0 Å². The molecule has 0 unspecified atom stereocenters. The number of amides is 2. The summed E-state index contributed by atoms with van der Waals surface area (Å²) in [5.74, 6) is -0.257. The van der Waals surface area contributed by atoms with Crippen LogP contribution in [0.5, 0.6) is 0 Å². The van der Waals surface area contributed by atoms with E-state index in [0.29, 0.717) is 12.2 Å². The van der Waals surface area contributed by atoms with Gasteiger partial charge in [0.25, 0.3) is 0 Å². The fraction of sp³-hybridized carbons (Fsp3) is 0.846. The lowest BCUT2D eigenvalue weighted by molar-refractivity contribution is -0.139. The van der Waals surface area contributed by atoms with Crippen molar-refractivity contribution >= 4 is 23.8 Å². The van der Waals surface area contributed by atoms with Gasteiger partial charge in [0.15, 0.2) is 0 Å². The van der Waals surface area contributed by atoms with Gasteiger partial charge >= 0.3 is 12.0 Å². The molecule has 0 spiro atoms. The molecule has 1 rings (SSSR count). The Morgan fingerprint density at radius 3 is 2.47 bits per heavy atom. The Morgan fingerprint density at radius 2 is 1.95 bits per heavy atom. The third-order valence-electron chi connectivity index (χ3n) is 3.59. The zero-order valence-electron chi connectivity index (χ0n) is 11.7. The van der Waals surface area contributed by atoms with Gasteiger partial charge in [-0.05, 0) is 38.2 Å². The van der Waals surface area contributed by atoms with Crippen LogP contribution in [0, 0.1) is 0 Å². The van der Waals surface area contributed by atoms with Crippen molar-refractivity contribution in [3.05, 3.63) is 0 Å². The number of hydrogen-bond donors (Lipinski definition) is 3. The number of carboxylic acid groups (broad SMARTS) is 1. The average Bonchev–Trinajstić information content (AvgIpc) is 2.34. The molecule has 6 heteroatoms. The molecule has 0 aliphatic heterocycles. The lowest BCUT2D eigenvalue weighted by atomic mass is 9.83. The van der Waals surface area contributed by atoms with Crippen molar-refractivity contribution in [2.75, 3.05) is 12.0 Å². The average molecular weight is 288 g/mol. The highest BCUT2D eigenvalue weighted by molar-refractivity contribution is 7.98. The molecule has 2 amide bonds. The van der Waals surface area contributed by atoms with Crippen LogP contribution in [0.2, 0.25) is 0 Å². The number of nitrogens with one attached hydrogen (secondary N) is 2. The second kappa shape index (κ2) is 7.62. The van der Waals surface area contributed by atoms with Gasteiger partial charge in [-0.1, -0.05) is 19.3 Å². The van der Waals surface area contributed by atoms with Crippen LogP contribution in [0.1, 0.15) is 45.4 Å². The molecule has 0 aromatic carbocycles. The van der Waals surface area contributed by atoms with Crippen LogP contribution in [0.25, 0.3) is 0 Å².